The maximum atomic E-state index is 12.5. The predicted octanol–water partition coefficient (Wildman–Crippen LogP) is 4.52. The summed E-state index contributed by atoms with van der Waals surface area (Å²) in [6, 6.07) is 10.2. The van der Waals surface area contributed by atoms with E-state index in [1.54, 1.807) is 38.5 Å². The van der Waals surface area contributed by atoms with Crippen molar-refractivity contribution in [3.63, 3.8) is 0 Å². The van der Waals surface area contributed by atoms with Crippen molar-refractivity contribution < 1.29 is 19.0 Å². The van der Waals surface area contributed by atoms with Crippen LogP contribution < -0.4 is 14.8 Å². The molecular weight excluding hydrogens is 377 g/mol. The molecule has 0 aliphatic carbocycles. The van der Waals surface area contributed by atoms with E-state index in [2.05, 4.69) is 5.32 Å². The minimum atomic E-state index is -0.301. The second kappa shape index (κ2) is 9.67. The molecule has 0 saturated heterocycles. The number of carbonyl (C=O) groups is 1. The van der Waals surface area contributed by atoms with E-state index in [4.69, 9.17) is 37.4 Å². The maximum absolute atomic E-state index is 12.5. The summed E-state index contributed by atoms with van der Waals surface area (Å²) in [4.78, 5) is 12.5. The van der Waals surface area contributed by atoms with Gasteiger partial charge in [-0.2, -0.15) is 0 Å². The van der Waals surface area contributed by atoms with Crippen molar-refractivity contribution in [3.8, 4) is 11.5 Å². The van der Waals surface area contributed by atoms with Crippen molar-refractivity contribution in [2.45, 2.75) is 13.0 Å². The van der Waals surface area contributed by atoms with Crippen molar-refractivity contribution in [1.29, 1.82) is 0 Å². The Kier molecular flexibility index (Phi) is 7.57. The van der Waals surface area contributed by atoms with Crippen LogP contribution in [0.15, 0.2) is 36.4 Å². The molecule has 7 heteroatoms. The monoisotopic (exact) mass is 397 g/mol. The van der Waals surface area contributed by atoms with Crippen LogP contribution in [0.2, 0.25) is 10.0 Å². The van der Waals surface area contributed by atoms with E-state index in [-0.39, 0.29) is 17.0 Å². The molecule has 2 aromatic carbocycles. The summed E-state index contributed by atoms with van der Waals surface area (Å²) in [6.45, 7) is 2.78. The number of hydrogen-bond donors (Lipinski definition) is 1. The van der Waals surface area contributed by atoms with Crippen LogP contribution >= 0.6 is 23.2 Å². The van der Waals surface area contributed by atoms with E-state index in [1.165, 1.54) is 0 Å². The van der Waals surface area contributed by atoms with Crippen LogP contribution in [-0.2, 0) is 4.74 Å². The van der Waals surface area contributed by atoms with Crippen LogP contribution in [0.1, 0.15) is 28.9 Å². The Balaban J connectivity index is 2.12. The molecule has 1 atom stereocenters. The molecule has 2 rings (SSSR count). The number of carbonyl (C=O) groups excluding carboxylic acids is 1. The van der Waals surface area contributed by atoms with Crippen molar-refractivity contribution >= 4 is 29.1 Å². The summed E-state index contributed by atoms with van der Waals surface area (Å²) in [5.74, 6) is 0.898. The van der Waals surface area contributed by atoms with E-state index in [1.807, 2.05) is 19.1 Å². The van der Waals surface area contributed by atoms with Gasteiger partial charge in [-0.3, -0.25) is 4.79 Å². The predicted molar refractivity (Wildman–Crippen MR) is 103 cm³/mol. The third-order valence-electron chi connectivity index (χ3n) is 3.78. The third kappa shape index (κ3) is 5.04. The Bertz CT molecular complexity index is 767. The second-order valence-electron chi connectivity index (χ2n) is 5.55. The average molecular weight is 398 g/mol. The molecule has 0 aliphatic heterocycles. The highest BCUT2D eigenvalue weighted by Gasteiger charge is 2.17. The van der Waals surface area contributed by atoms with Crippen molar-refractivity contribution in [2.24, 2.45) is 0 Å². The van der Waals surface area contributed by atoms with Gasteiger partial charge in [-0.1, -0.05) is 35.3 Å². The first-order valence-electron chi connectivity index (χ1n) is 8.02. The lowest BCUT2D eigenvalue weighted by atomic mass is 10.1. The molecule has 1 amide bonds. The average Bonchev–Trinajstić information content (AvgIpc) is 2.64. The SMILES string of the molecule is COCCOc1ccc(C(C)NC(=O)c2cccc(Cl)c2Cl)cc1OC. The molecule has 0 fully saturated rings. The molecule has 26 heavy (non-hydrogen) atoms. The fourth-order valence-electron chi connectivity index (χ4n) is 2.34. The van der Waals surface area contributed by atoms with Gasteiger partial charge in [-0.25, -0.2) is 0 Å². The van der Waals surface area contributed by atoms with E-state index >= 15 is 0 Å². The van der Waals surface area contributed by atoms with Gasteiger partial charge in [0.1, 0.15) is 6.61 Å². The fraction of sp³-hybridized carbons (Fsp3) is 0.316. The highest BCUT2D eigenvalue weighted by molar-refractivity contribution is 6.43. The molecule has 140 valence electrons. The molecule has 1 N–H and O–H groups in total. The number of methoxy groups -OCH3 is 2. The smallest absolute Gasteiger partial charge is 0.253 e. The first kappa shape index (κ1) is 20.4. The maximum Gasteiger partial charge on any atom is 0.253 e. The van der Waals surface area contributed by atoms with Gasteiger partial charge in [0.25, 0.3) is 5.91 Å². The minimum absolute atomic E-state index is 0.235. The number of rotatable bonds is 8. The fourth-order valence-corrected chi connectivity index (χ4v) is 2.73. The minimum Gasteiger partial charge on any atom is -0.493 e. The van der Waals surface area contributed by atoms with Gasteiger partial charge < -0.3 is 19.5 Å². The first-order chi connectivity index (χ1) is 12.5. The van der Waals surface area contributed by atoms with Crippen LogP contribution in [-0.4, -0.2) is 33.3 Å². The molecule has 1 unspecified atom stereocenters. The van der Waals surface area contributed by atoms with Crippen LogP contribution in [0.5, 0.6) is 11.5 Å². The molecular formula is C19H21Cl2NO4. The molecule has 0 radical (unpaired) electrons. The van der Waals surface area contributed by atoms with E-state index < -0.39 is 0 Å². The molecule has 0 aromatic heterocycles. The number of nitrogens with one attached hydrogen (secondary N) is 1. The van der Waals surface area contributed by atoms with Gasteiger partial charge in [-0.05, 0) is 36.8 Å². The quantitative estimate of drug-likeness (QED) is 0.665. The van der Waals surface area contributed by atoms with Crippen molar-refractivity contribution in [1.82, 2.24) is 5.32 Å². The zero-order valence-corrected chi connectivity index (χ0v) is 16.4. The zero-order valence-electron chi connectivity index (χ0n) is 14.8. The Labute approximate surface area is 163 Å². The lowest BCUT2D eigenvalue weighted by Gasteiger charge is -2.17. The summed E-state index contributed by atoms with van der Waals surface area (Å²) in [5.41, 5.74) is 1.20. The summed E-state index contributed by atoms with van der Waals surface area (Å²) < 4.78 is 16.0. The summed E-state index contributed by atoms with van der Waals surface area (Å²) in [5, 5.41) is 3.48. The number of benzene rings is 2. The van der Waals surface area contributed by atoms with E-state index in [0.29, 0.717) is 35.3 Å². The first-order valence-corrected chi connectivity index (χ1v) is 8.78. The van der Waals surface area contributed by atoms with Crippen LogP contribution in [0.25, 0.3) is 0 Å². The standard InChI is InChI=1S/C19H21Cl2NO4/c1-12(22-19(23)14-5-4-6-15(20)18(14)21)13-7-8-16(17(11-13)25-3)26-10-9-24-2/h4-8,11-12H,9-10H2,1-3H3,(H,22,23). The third-order valence-corrected chi connectivity index (χ3v) is 4.60. The topological polar surface area (TPSA) is 56.8 Å². The largest absolute Gasteiger partial charge is 0.493 e. The normalized spacial score (nSPS) is 11.7. The van der Waals surface area contributed by atoms with Gasteiger partial charge in [0.2, 0.25) is 0 Å². The summed E-state index contributed by atoms with van der Waals surface area (Å²) in [6.07, 6.45) is 0. The second-order valence-corrected chi connectivity index (χ2v) is 6.33. The van der Waals surface area contributed by atoms with Crippen LogP contribution in [0.4, 0.5) is 0 Å². The molecule has 0 bridgehead atoms. The number of hydrogen-bond acceptors (Lipinski definition) is 4. The Hall–Kier alpha value is -1.95. The molecule has 5 nitrogen and oxygen atoms in total. The van der Waals surface area contributed by atoms with Gasteiger partial charge in [0.05, 0.1) is 35.4 Å². The molecule has 0 heterocycles. The van der Waals surface area contributed by atoms with Crippen molar-refractivity contribution in [2.75, 3.05) is 27.4 Å². The Morgan fingerprint density at radius 1 is 1.12 bits per heavy atom. The zero-order chi connectivity index (χ0) is 19.1. The highest BCUT2D eigenvalue weighted by Crippen LogP contribution is 2.31. The lowest BCUT2D eigenvalue weighted by Crippen LogP contribution is -2.27. The van der Waals surface area contributed by atoms with E-state index in [9.17, 15) is 4.79 Å². The molecule has 0 aliphatic rings. The Morgan fingerprint density at radius 3 is 2.58 bits per heavy atom. The molecule has 0 spiro atoms. The summed E-state index contributed by atoms with van der Waals surface area (Å²) >= 11 is 12.1. The van der Waals surface area contributed by atoms with E-state index in [0.717, 1.165) is 5.56 Å². The number of ether oxygens (including phenoxy) is 3. The lowest BCUT2D eigenvalue weighted by molar-refractivity contribution is 0.0940. The summed E-state index contributed by atoms with van der Waals surface area (Å²) in [7, 11) is 3.18. The van der Waals surface area contributed by atoms with Gasteiger partial charge >= 0.3 is 0 Å². The molecule has 2 aromatic rings. The van der Waals surface area contributed by atoms with Crippen LogP contribution in [0.3, 0.4) is 0 Å². The number of amides is 1. The Morgan fingerprint density at radius 2 is 1.88 bits per heavy atom. The van der Waals surface area contributed by atoms with Crippen LogP contribution in [0, 0.1) is 0 Å². The van der Waals surface area contributed by atoms with Crippen molar-refractivity contribution in [3.05, 3.63) is 57.6 Å². The van der Waals surface area contributed by atoms with Gasteiger partial charge in [-0.15, -0.1) is 0 Å². The number of halogens is 2. The molecule has 0 saturated carbocycles. The van der Waals surface area contributed by atoms with Gasteiger partial charge in [0.15, 0.2) is 11.5 Å². The van der Waals surface area contributed by atoms with Gasteiger partial charge in [0, 0.05) is 7.11 Å². The highest BCUT2D eigenvalue weighted by atomic mass is 35.5.